The fraction of sp³-hybridized carbons (Fsp3) is 0.929. The van der Waals surface area contributed by atoms with E-state index in [1.807, 2.05) is 11.8 Å². The molecule has 0 aromatic heterocycles. The van der Waals surface area contributed by atoms with E-state index in [2.05, 4.69) is 4.90 Å². The Morgan fingerprint density at radius 1 is 1.28 bits per heavy atom. The lowest BCUT2D eigenvalue weighted by molar-refractivity contribution is -0.141. The second-order valence-corrected chi connectivity index (χ2v) is 6.81. The molecule has 0 aromatic carbocycles. The van der Waals surface area contributed by atoms with Crippen LogP contribution in [0.25, 0.3) is 0 Å². The average Bonchev–Trinajstić information content (AvgIpc) is 3.16. The standard InChI is InChI=1S/C14H25NO2S/c1-17-13(16)11-14(5-6-14)12-18-10-9-15-7-3-2-4-8-15/h2-12H2,1H3. The van der Waals surface area contributed by atoms with Gasteiger partial charge >= 0.3 is 5.97 Å². The van der Waals surface area contributed by atoms with Gasteiger partial charge in [-0.2, -0.15) is 11.8 Å². The molecular weight excluding hydrogens is 246 g/mol. The summed E-state index contributed by atoms with van der Waals surface area (Å²) < 4.78 is 4.77. The predicted molar refractivity (Wildman–Crippen MR) is 75.9 cm³/mol. The van der Waals surface area contributed by atoms with Crippen LogP contribution in [0.4, 0.5) is 0 Å². The molecule has 1 aliphatic carbocycles. The molecule has 2 aliphatic rings. The van der Waals surface area contributed by atoms with Gasteiger partial charge in [0.1, 0.15) is 0 Å². The Morgan fingerprint density at radius 3 is 2.61 bits per heavy atom. The van der Waals surface area contributed by atoms with Crippen molar-refractivity contribution in [1.29, 1.82) is 0 Å². The molecule has 1 saturated heterocycles. The maximum atomic E-state index is 11.3. The smallest absolute Gasteiger partial charge is 0.306 e. The van der Waals surface area contributed by atoms with Crippen molar-refractivity contribution in [3.63, 3.8) is 0 Å². The molecule has 0 aromatic rings. The normalized spacial score (nSPS) is 22.7. The molecule has 3 nitrogen and oxygen atoms in total. The fourth-order valence-electron chi connectivity index (χ4n) is 2.59. The molecule has 2 fully saturated rings. The van der Waals surface area contributed by atoms with E-state index in [-0.39, 0.29) is 5.97 Å². The Balaban J connectivity index is 1.56. The molecule has 1 saturated carbocycles. The van der Waals surface area contributed by atoms with Crippen LogP contribution in [0.5, 0.6) is 0 Å². The van der Waals surface area contributed by atoms with E-state index in [4.69, 9.17) is 4.74 Å². The molecule has 0 N–H and O–H groups in total. The third kappa shape index (κ3) is 4.47. The molecule has 0 unspecified atom stereocenters. The molecule has 1 aliphatic heterocycles. The third-order valence-corrected chi connectivity index (χ3v) is 5.40. The third-order valence-electron chi connectivity index (χ3n) is 4.11. The van der Waals surface area contributed by atoms with Gasteiger partial charge in [-0.15, -0.1) is 0 Å². The monoisotopic (exact) mass is 271 g/mol. The number of thioether (sulfide) groups is 1. The van der Waals surface area contributed by atoms with Crippen LogP contribution in [0.2, 0.25) is 0 Å². The number of carbonyl (C=O) groups is 1. The molecule has 0 bridgehead atoms. The lowest BCUT2D eigenvalue weighted by atomic mass is 10.1. The lowest BCUT2D eigenvalue weighted by Gasteiger charge is -2.26. The highest BCUT2D eigenvalue weighted by molar-refractivity contribution is 7.99. The van der Waals surface area contributed by atoms with E-state index in [0.717, 1.165) is 5.75 Å². The van der Waals surface area contributed by atoms with Crippen molar-refractivity contribution < 1.29 is 9.53 Å². The first-order valence-corrected chi connectivity index (χ1v) is 8.26. The van der Waals surface area contributed by atoms with Gasteiger partial charge in [0.05, 0.1) is 13.5 Å². The summed E-state index contributed by atoms with van der Waals surface area (Å²) in [4.78, 5) is 13.9. The highest BCUT2D eigenvalue weighted by Crippen LogP contribution is 2.51. The first-order valence-electron chi connectivity index (χ1n) is 7.11. The van der Waals surface area contributed by atoms with Crippen molar-refractivity contribution in [2.75, 3.05) is 38.2 Å². The lowest BCUT2D eigenvalue weighted by Crippen LogP contribution is -2.31. The van der Waals surface area contributed by atoms with Crippen LogP contribution in [0, 0.1) is 5.41 Å². The highest BCUT2D eigenvalue weighted by Gasteiger charge is 2.44. The molecule has 0 atom stereocenters. The predicted octanol–water partition coefficient (Wildman–Crippen LogP) is 2.55. The quantitative estimate of drug-likeness (QED) is 0.526. The topological polar surface area (TPSA) is 29.5 Å². The van der Waals surface area contributed by atoms with Gasteiger partial charge in [0.2, 0.25) is 0 Å². The molecule has 1 heterocycles. The zero-order valence-corrected chi connectivity index (χ0v) is 12.3. The van der Waals surface area contributed by atoms with Crippen molar-refractivity contribution in [3.05, 3.63) is 0 Å². The van der Waals surface area contributed by atoms with Gasteiger partial charge in [-0.3, -0.25) is 4.79 Å². The molecule has 0 spiro atoms. The number of ether oxygens (including phenoxy) is 1. The molecular formula is C14H25NO2S. The number of carbonyl (C=O) groups excluding carboxylic acids is 1. The minimum absolute atomic E-state index is 0.0378. The highest BCUT2D eigenvalue weighted by atomic mass is 32.2. The molecule has 4 heteroatoms. The summed E-state index contributed by atoms with van der Waals surface area (Å²) in [6.45, 7) is 3.79. The van der Waals surface area contributed by atoms with Crippen LogP contribution in [0.3, 0.4) is 0 Å². The number of rotatable bonds is 7. The maximum absolute atomic E-state index is 11.3. The van der Waals surface area contributed by atoms with Gasteiger partial charge in [0.15, 0.2) is 0 Å². The van der Waals surface area contributed by atoms with E-state index in [0.29, 0.717) is 11.8 Å². The Morgan fingerprint density at radius 2 is 2.00 bits per heavy atom. The van der Waals surface area contributed by atoms with E-state index in [9.17, 15) is 4.79 Å². The van der Waals surface area contributed by atoms with Gasteiger partial charge < -0.3 is 9.64 Å². The first kappa shape index (κ1) is 14.2. The largest absolute Gasteiger partial charge is 0.469 e. The Hall–Kier alpha value is -0.220. The van der Waals surface area contributed by atoms with E-state index in [1.165, 1.54) is 64.6 Å². The summed E-state index contributed by atoms with van der Waals surface area (Å²) in [6, 6.07) is 0. The Bertz CT molecular complexity index is 273. The van der Waals surface area contributed by atoms with E-state index in [1.54, 1.807) is 0 Å². The second-order valence-electron chi connectivity index (χ2n) is 5.71. The van der Waals surface area contributed by atoms with Crippen molar-refractivity contribution in [3.8, 4) is 0 Å². The van der Waals surface area contributed by atoms with Gasteiger partial charge in [-0.1, -0.05) is 6.42 Å². The van der Waals surface area contributed by atoms with Crippen molar-refractivity contribution >= 4 is 17.7 Å². The number of hydrogen-bond donors (Lipinski definition) is 0. The van der Waals surface area contributed by atoms with Crippen LogP contribution in [0.1, 0.15) is 38.5 Å². The number of esters is 1. The summed E-state index contributed by atoms with van der Waals surface area (Å²) >= 11 is 2.02. The molecule has 0 amide bonds. The van der Waals surface area contributed by atoms with E-state index < -0.39 is 0 Å². The summed E-state index contributed by atoms with van der Waals surface area (Å²) in [7, 11) is 1.49. The first-order chi connectivity index (χ1) is 8.74. The van der Waals surface area contributed by atoms with Crippen molar-refractivity contribution in [2.45, 2.75) is 38.5 Å². The maximum Gasteiger partial charge on any atom is 0.306 e. The van der Waals surface area contributed by atoms with Crippen LogP contribution >= 0.6 is 11.8 Å². The molecule has 18 heavy (non-hydrogen) atoms. The molecule has 104 valence electrons. The van der Waals surface area contributed by atoms with Crippen LogP contribution < -0.4 is 0 Å². The van der Waals surface area contributed by atoms with Crippen molar-refractivity contribution in [2.24, 2.45) is 5.41 Å². The number of likely N-dealkylation sites (tertiary alicyclic amines) is 1. The van der Waals surface area contributed by atoms with E-state index >= 15 is 0 Å². The number of piperidine rings is 1. The number of methoxy groups -OCH3 is 1. The summed E-state index contributed by atoms with van der Waals surface area (Å²) in [5, 5.41) is 0. The summed E-state index contributed by atoms with van der Waals surface area (Å²) in [5.41, 5.74) is 0.291. The Kier molecular flexibility index (Phi) is 5.37. The van der Waals surface area contributed by atoms with Gasteiger partial charge in [0, 0.05) is 12.3 Å². The van der Waals surface area contributed by atoms with Crippen LogP contribution in [-0.4, -0.2) is 49.1 Å². The fourth-order valence-corrected chi connectivity index (χ4v) is 3.95. The Labute approximate surface area is 115 Å². The minimum atomic E-state index is -0.0378. The SMILES string of the molecule is COC(=O)CC1(CSCCN2CCCCC2)CC1. The zero-order valence-electron chi connectivity index (χ0n) is 11.5. The number of nitrogens with zero attached hydrogens (tertiary/aromatic N) is 1. The van der Waals surface area contributed by atoms with Crippen molar-refractivity contribution in [1.82, 2.24) is 4.90 Å². The minimum Gasteiger partial charge on any atom is -0.469 e. The van der Waals surface area contributed by atoms with Crippen LogP contribution in [0.15, 0.2) is 0 Å². The van der Waals surface area contributed by atoms with Gasteiger partial charge in [-0.25, -0.2) is 0 Å². The van der Waals surface area contributed by atoms with Gasteiger partial charge in [0.25, 0.3) is 0 Å². The zero-order chi connectivity index (χ0) is 12.8. The van der Waals surface area contributed by atoms with Gasteiger partial charge in [-0.05, 0) is 49.9 Å². The van der Waals surface area contributed by atoms with Crippen LogP contribution in [-0.2, 0) is 9.53 Å². The molecule has 0 radical (unpaired) electrons. The second kappa shape index (κ2) is 6.80. The number of hydrogen-bond acceptors (Lipinski definition) is 4. The molecule has 2 rings (SSSR count). The summed E-state index contributed by atoms with van der Waals surface area (Å²) in [6.07, 6.45) is 7.19. The summed E-state index contributed by atoms with van der Waals surface area (Å²) in [5.74, 6) is 2.31. The average molecular weight is 271 g/mol.